The van der Waals surface area contributed by atoms with Gasteiger partial charge in [0.25, 0.3) is 0 Å². The number of anilines is 1. The average molecular weight is 522 g/mol. The van der Waals surface area contributed by atoms with Crippen molar-refractivity contribution < 1.29 is 13.9 Å². The van der Waals surface area contributed by atoms with Crippen LogP contribution in [0, 0.1) is 19.7 Å². The predicted octanol–water partition coefficient (Wildman–Crippen LogP) is 6.56. The lowest BCUT2D eigenvalue weighted by molar-refractivity contribution is 0.194. The molecule has 6 rings (SSSR count). The molecular formula is C31H28FN5O2. The van der Waals surface area contributed by atoms with Crippen LogP contribution >= 0.6 is 0 Å². The van der Waals surface area contributed by atoms with Crippen LogP contribution in [0.5, 0.6) is 5.75 Å². The molecule has 7 nitrogen and oxygen atoms in total. The maximum absolute atomic E-state index is 14.1. The van der Waals surface area contributed by atoms with E-state index in [2.05, 4.69) is 9.88 Å². The Morgan fingerprint density at radius 3 is 2.51 bits per heavy atom. The van der Waals surface area contributed by atoms with Crippen LogP contribution in [0.3, 0.4) is 0 Å². The van der Waals surface area contributed by atoms with Crippen molar-refractivity contribution in [1.82, 2.24) is 19.2 Å². The number of halogens is 1. The zero-order valence-electron chi connectivity index (χ0n) is 21.9. The van der Waals surface area contributed by atoms with E-state index >= 15 is 0 Å². The second-order valence-electron chi connectivity index (χ2n) is 9.65. The fraction of sp³-hybridized carbons (Fsp3) is 0.161. The first kappa shape index (κ1) is 24.5. The van der Waals surface area contributed by atoms with Crippen LogP contribution in [0.15, 0.2) is 91.1 Å². The highest BCUT2D eigenvalue weighted by Crippen LogP contribution is 2.39. The molecule has 3 heterocycles. The number of fused-ring (bicyclic) bond motifs is 3. The van der Waals surface area contributed by atoms with Crippen molar-refractivity contribution in [3.63, 3.8) is 0 Å². The molecule has 1 aliphatic heterocycles. The number of hydrogen-bond donors (Lipinski definition) is 1. The summed E-state index contributed by atoms with van der Waals surface area (Å²) in [7, 11) is 1.58. The molecule has 0 saturated carbocycles. The van der Waals surface area contributed by atoms with Crippen molar-refractivity contribution in [2.45, 2.75) is 26.4 Å². The van der Waals surface area contributed by atoms with Crippen LogP contribution in [-0.2, 0) is 6.54 Å². The Morgan fingerprint density at radius 1 is 1.00 bits per heavy atom. The van der Waals surface area contributed by atoms with E-state index in [1.807, 2.05) is 85.4 Å². The highest BCUT2D eigenvalue weighted by molar-refractivity contribution is 5.92. The van der Waals surface area contributed by atoms with Gasteiger partial charge in [0.2, 0.25) is 0 Å². The summed E-state index contributed by atoms with van der Waals surface area (Å²) >= 11 is 0. The van der Waals surface area contributed by atoms with Gasteiger partial charge in [-0.15, -0.1) is 0 Å². The molecule has 0 bridgehead atoms. The molecule has 0 fully saturated rings. The molecule has 2 aromatic heterocycles. The molecule has 1 atom stereocenters. The maximum atomic E-state index is 14.1. The summed E-state index contributed by atoms with van der Waals surface area (Å²) in [6.45, 7) is 4.21. The lowest BCUT2D eigenvalue weighted by Gasteiger charge is -2.31. The molecule has 8 heteroatoms. The molecular weight excluding hydrogens is 493 g/mol. The average Bonchev–Trinajstić information content (AvgIpc) is 3.50. The van der Waals surface area contributed by atoms with Gasteiger partial charge in [0.05, 0.1) is 42.5 Å². The number of para-hydroxylation sites is 1. The number of nitrogens with zero attached hydrogens (tertiary/aromatic N) is 4. The minimum atomic E-state index is -0.493. The molecule has 39 heavy (non-hydrogen) atoms. The molecule has 1 aliphatic rings. The van der Waals surface area contributed by atoms with Crippen molar-refractivity contribution in [3.8, 4) is 17.3 Å². The van der Waals surface area contributed by atoms with E-state index in [1.165, 1.54) is 12.1 Å². The predicted molar refractivity (Wildman–Crippen MR) is 148 cm³/mol. The molecule has 0 aliphatic carbocycles. The fourth-order valence-corrected chi connectivity index (χ4v) is 5.25. The summed E-state index contributed by atoms with van der Waals surface area (Å²) in [5.41, 5.74) is 5.90. The number of aromatic nitrogens is 3. The fourth-order valence-electron chi connectivity index (χ4n) is 5.25. The van der Waals surface area contributed by atoms with E-state index in [0.29, 0.717) is 11.4 Å². The first-order valence-corrected chi connectivity index (χ1v) is 12.7. The van der Waals surface area contributed by atoms with Crippen LogP contribution in [0.4, 0.5) is 14.9 Å². The van der Waals surface area contributed by atoms with Crippen LogP contribution in [0.25, 0.3) is 11.5 Å². The molecule has 2 amide bonds. The van der Waals surface area contributed by atoms with E-state index in [9.17, 15) is 9.18 Å². The van der Waals surface area contributed by atoms with E-state index in [0.717, 1.165) is 39.6 Å². The van der Waals surface area contributed by atoms with Gasteiger partial charge >= 0.3 is 6.03 Å². The Balaban J connectivity index is 1.53. The second-order valence-corrected chi connectivity index (χ2v) is 9.65. The number of nitrogens with one attached hydrogen (secondary N) is 1. The maximum Gasteiger partial charge on any atom is 0.323 e. The van der Waals surface area contributed by atoms with Gasteiger partial charge in [0, 0.05) is 11.8 Å². The number of hydrogen-bond acceptors (Lipinski definition) is 3. The van der Waals surface area contributed by atoms with Gasteiger partial charge in [-0.2, -0.15) is 5.10 Å². The number of amides is 2. The number of ether oxygens (including phenoxy) is 1. The minimum absolute atomic E-state index is 0.289. The summed E-state index contributed by atoms with van der Waals surface area (Å²) in [4.78, 5) is 15.9. The Hall–Kier alpha value is -4.85. The van der Waals surface area contributed by atoms with Crippen molar-refractivity contribution in [2.24, 2.45) is 0 Å². The Morgan fingerprint density at radius 2 is 1.77 bits per heavy atom. The summed E-state index contributed by atoms with van der Waals surface area (Å²) < 4.78 is 23.5. The molecule has 0 saturated heterocycles. The van der Waals surface area contributed by atoms with Gasteiger partial charge in [-0.3, -0.25) is 0 Å². The van der Waals surface area contributed by atoms with E-state index < -0.39 is 6.04 Å². The number of carbonyl (C=O) groups excluding carboxylic acids is 1. The van der Waals surface area contributed by atoms with E-state index in [-0.39, 0.29) is 18.4 Å². The zero-order valence-corrected chi connectivity index (χ0v) is 21.9. The van der Waals surface area contributed by atoms with Gasteiger partial charge < -0.3 is 19.5 Å². The summed E-state index contributed by atoms with van der Waals surface area (Å²) in [6, 6.07) is 25.1. The molecule has 3 aromatic carbocycles. The molecule has 196 valence electrons. The third-order valence-electron chi connectivity index (χ3n) is 7.13. The first-order chi connectivity index (χ1) is 18.9. The van der Waals surface area contributed by atoms with Gasteiger partial charge in [-0.05, 0) is 73.5 Å². The standard InChI is InChI=1S/C31H28FN5O2/c1-20-11-16-28(39-3)26(18-20)33-31(38)36-19-25-21(2)34-37(24-8-5-4-6-9-24)30(25)35-17-7-10-27(35)29(36)22-12-14-23(32)15-13-22/h4-18,29H,19H2,1-3H3,(H,33,38)/t29-/m1/s1. The van der Waals surface area contributed by atoms with Crippen molar-refractivity contribution in [3.05, 3.63) is 125 Å². The number of aryl methyl sites for hydroxylation is 2. The number of carbonyl (C=O) groups is 1. The Bertz CT molecular complexity index is 1660. The lowest BCUT2D eigenvalue weighted by Crippen LogP contribution is -2.38. The first-order valence-electron chi connectivity index (χ1n) is 12.7. The third kappa shape index (κ3) is 4.33. The normalized spacial score (nSPS) is 14.4. The molecule has 1 N–H and O–H groups in total. The van der Waals surface area contributed by atoms with E-state index in [4.69, 9.17) is 9.84 Å². The number of methoxy groups -OCH3 is 1. The largest absolute Gasteiger partial charge is 0.495 e. The second kappa shape index (κ2) is 9.79. The monoisotopic (exact) mass is 521 g/mol. The summed E-state index contributed by atoms with van der Waals surface area (Å²) in [6.07, 6.45) is 1.98. The van der Waals surface area contributed by atoms with Crippen molar-refractivity contribution >= 4 is 11.7 Å². The van der Waals surface area contributed by atoms with Gasteiger partial charge in [-0.25, -0.2) is 13.9 Å². The topological polar surface area (TPSA) is 64.3 Å². The lowest BCUT2D eigenvalue weighted by atomic mass is 10.0. The number of benzene rings is 3. The Kier molecular flexibility index (Phi) is 6.15. The van der Waals surface area contributed by atoms with Crippen molar-refractivity contribution in [1.29, 1.82) is 0 Å². The van der Waals surface area contributed by atoms with Gasteiger partial charge in [0.15, 0.2) is 0 Å². The highest BCUT2D eigenvalue weighted by atomic mass is 19.1. The van der Waals surface area contributed by atoms with Gasteiger partial charge in [-0.1, -0.05) is 36.4 Å². The molecule has 0 spiro atoms. The molecule has 5 aromatic rings. The van der Waals surface area contributed by atoms with Crippen LogP contribution in [0.1, 0.15) is 34.1 Å². The Labute approximate surface area is 226 Å². The summed E-state index contributed by atoms with van der Waals surface area (Å²) in [5, 5.41) is 7.95. The number of rotatable bonds is 4. The van der Waals surface area contributed by atoms with Crippen LogP contribution < -0.4 is 10.1 Å². The highest BCUT2D eigenvalue weighted by Gasteiger charge is 2.36. The zero-order chi connectivity index (χ0) is 27.1. The van der Waals surface area contributed by atoms with Crippen LogP contribution in [0.2, 0.25) is 0 Å². The summed E-state index contributed by atoms with van der Waals surface area (Å²) in [5.74, 6) is 1.11. The smallest absolute Gasteiger partial charge is 0.323 e. The van der Waals surface area contributed by atoms with E-state index in [1.54, 1.807) is 24.1 Å². The molecule has 0 radical (unpaired) electrons. The quantitative estimate of drug-likeness (QED) is 0.291. The number of urea groups is 1. The van der Waals surface area contributed by atoms with Crippen LogP contribution in [-0.4, -0.2) is 32.4 Å². The SMILES string of the molecule is COc1ccc(C)cc1NC(=O)N1Cc2c(C)nn(-c3ccccc3)c2-n2cccc2[C@H]1c1ccc(F)cc1. The third-order valence-corrected chi connectivity index (χ3v) is 7.13. The minimum Gasteiger partial charge on any atom is -0.495 e. The van der Waals surface area contributed by atoms with Gasteiger partial charge in [0.1, 0.15) is 17.4 Å². The van der Waals surface area contributed by atoms with Crippen molar-refractivity contribution in [2.75, 3.05) is 12.4 Å². The molecule has 0 unspecified atom stereocenters.